The molecule has 1 rings (SSSR count). The van der Waals surface area contributed by atoms with E-state index in [0.29, 0.717) is 0 Å². The van der Waals surface area contributed by atoms with Crippen LogP contribution in [0.15, 0.2) is 24.3 Å². The number of ether oxygens (including phenoxy) is 1. The van der Waals surface area contributed by atoms with Gasteiger partial charge in [-0.15, -0.1) is 0 Å². The molecule has 7 heteroatoms. The highest BCUT2D eigenvalue weighted by Gasteiger charge is 2.22. The molecule has 0 aromatic heterocycles. The summed E-state index contributed by atoms with van der Waals surface area (Å²) in [5.74, 6) is -1.37. The fraction of sp³-hybridized carbons (Fsp3) is 0.222. The molecule has 7 nitrogen and oxygen atoms in total. The fourth-order valence-corrected chi connectivity index (χ4v) is 1.06. The second-order valence-electron chi connectivity index (χ2n) is 2.91. The van der Waals surface area contributed by atoms with E-state index < -0.39 is 17.0 Å². The van der Waals surface area contributed by atoms with Gasteiger partial charge >= 0.3 is 11.7 Å². The van der Waals surface area contributed by atoms with Crippen LogP contribution in [0.3, 0.4) is 0 Å². The Morgan fingerprint density at radius 1 is 1.56 bits per heavy atom. The lowest BCUT2D eigenvalue weighted by Crippen LogP contribution is -2.34. The number of carboxylic acid groups (broad SMARTS) is 1. The van der Waals surface area contributed by atoms with Crippen LogP contribution < -0.4 is 10.5 Å². The van der Waals surface area contributed by atoms with Crippen molar-refractivity contribution in [3.63, 3.8) is 0 Å². The highest BCUT2D eigenvalue weighted by Crippen LogP contribution is 2.26. The number of nitrogens with two attached hydrogens (primary N) is 1. The third kappa shape index (κ3) is 2.67. The van der Waals surface area contributed by atoms with Gasteiger partial charge in [-0.3, -0.25) is 10.1 Å². The first-order chi connectivity index (χ1) is 7.56. The summed E-state index contributed by atoms with van der Waals surface area (Å²) in [6.07, 6.45) is -1.29. The van der Waals surface area contributed by atoms with Crippen LogP contribution in [-0.4, -0.2) is 28.6 Å². The smallest absolute Gasteiger partial charge is 0.346 e. The van der Waals surface area contributed by atoms with Gasteiger partial charge in [0.2, 0.25) is 6.10 Å². The average Bonchev–Trinajstić information content (AvgIpc) is 2.25. The summed E-state index contributed by atoms with van der Waals surface area (Å²) >= 11 is 0. The van der Waals surface area contributed by atoms with E-state index in [0.717, 1.165) is 0 Å². The van der Waals surface area contributed by atoms with Gasteiger partial charge in [0.15, 0.2) is 5.75 Å². The Morgan fingerprint density at radius 2 is 2.19 bits per heavy atom. The standard InChI is InChI=1S/C9H10N2O5/c10-5-8(9(12)13)16-7-4-2-1-3-6(7)11(14)15/h1-4,8H,5,10H2,(H,12,13). The fourth-order valence-electron chi connectivity index (χ4n) is 1.06. The van der Waals surface area contributed by atoms with Crippen molar-refractivity contribution in [3.05, 3.63) is 34.4 Å². The summed E-state index contributed by atoms with van der Waals surface area (Å²) in [5, 5.41) is 19.3. The summed E-state index contributed by atoms with van der Waals surface area (Å²) in [7, 11) is 0. The first kappa shape index (κ1) is 11.9. The molecule has 16 heavy (non-hydrogen) atoms. The van der Waals surface area contributed by atoms with Gasteiger partial charge in [-0.25, -0.2) is 4.79 Å². The Labute approximate surface area is 90.6 Å². The van der Waals surface area contributed by atoms with Crippen molar-refractivity contribution in [2.24, 2.45) is 5.73 Å². The maximum absolute atomic E-state index is 10.6. The molecular weight excluding hydrogens is 216 g/mol. The zero-order valence-corrected chi connectivity index (χ0v) is 8.20. The number of aliphatic carboxylic acids is 1. The molecular formula is C9H10N2O5. The predicted octanol–water partition coefficient (Wildman–Crippen LogP) is 0.385. The van der Waals surface area contributed by atoms with Crippen LogP contribution in [-0.2, 0) is 4.79 Å². The quantitative estimate of drug-likeness (QED) is 0.554. The number of carbonyl (C=O) groups is 1. The number of carboxylic acids is 1. The minimum absolute atomic E-state index is 0.106. The van der Waals surface area contributed by atoms with Crippen molar-refractivity contribution in [2.45, 2.75) is 6.10 Å². The molecule has 0 aliphatic carbocycles. The highest BCUT2D eigenvalue weighted by atomic mass is 16.6. The summed E-state index contributed by atoms with van der Waals surface area (Å²) in [5.41, 5.74) is 4.88. The lowest BCUT2D eigenvalue weighted by Gasteiger charge is -2.12. The van der Waals surface area contributed by atoms with Crippen LogP contribution in [0, 0.1) is 10.1 Å². The van der Waals surface area contributed by atoms with E-state index in [4.69, 9.17) is 15.6 Å². The van der Waals surface area contributed by atoms with Gasteiger partial charge in [0.25, 0.3) is 0 Å². The Bertz CT molecular complexity index is 407. The second-order valence-corrected chi connectivity index (χ2v) is 2.91. The molecule has 0 aliphatic rings. The molecule has 86 valence electrons. The van der Waals surface area contributed by atoms with Crippen molar-refractivity contribution in [3.8, 4) is 5.75 Å². The molecule has 0 spiro atoms. The van der Waals surface area contributed by atoms with Gasteiger partial charge in [0, 0.05) is 12.6 Å². The van der Waals surface area contributed by atoms with Gasteiger partial charge in [-0.1, -0.05) is 12.1 Å². The van der Waals surface area contributed by atoms with Crippen molar-refractivity contribution >= 4 is 11.7 Å². The van der Waals surface area contributed by atoms with Crippen LogP contribution in [0.25, 0.3) is 0 Å². The van der Waals surface area contributed by atoms with E-state index in [1.54, 1.807) is 0 Å². The lowest BCUT2D eigenvalue weighted by molar-refractivity contribution is -0.386. The Balaban J connectivity index is 2.95. The first-order valence-electron chi connectivity index (χ1n) is 4.39. The molecule has 1 unspecified atom stereocenters. The number of hydrogen-bond donors (Lipinski definition) is 2. The van der Waals surface area contributed by atoms with Crippen LogP contribution in [0.2, 0.25) is 0 Å². The van der Waals surface area contributed by atoms with Crippen molar-refractivity contribution in [1.29, 1.82) is 0 Å². The van der Waals surface area contributed by atoms with Crippen LogP contribution in [0.4, 0.5) is 5.69 Å². The molecule has 0 aliphatic heterocycles. The van der Waals surface area contributed by atoms with Crippen LogP contribution >= 0.6 is 0 Å². The maximum atomic E-state index is 10.6. The number of benzene rings is 1. The number of nitro benzene ring substituents is 1. The SMILES string of the molecule is NCC(Oc1ccccc1[N+](=O)[O-])C(=O)O. The lowest BCUT2D eigenvalue weighted by atomic mass is 10.3. The van der Waals surface area contributed by atoms with Crippen LogP contribution in [0.1, 0.15) is 0 Å². The summed E-state index contributed by atoms with van der Waals surface area (Å²) in [6.45, 7) is -0.263. The molecule has 0 bridgehead atoms. The molecule has 0 fully saturated rings. The second kappa shape index (κ2) is 5.08. The molecule has 0 heterocycles. The number of nitrogens with zero attached hydrogens (tertiary/aromatic N) is 1. The van der Waals surface area contributed by atoms with E-state index in [2.05, 4.69) is 0 Å². The highest BCUT2D eigenvalue weighted by molar-refractivity contribution is 5.73. The van der Waals surface area contributed by atoms with E-state index in [-0.39, 0.29) is 18.0 Å². The Morgan fingerprint density at radius 3 is 2.69 bits per heavy atom. The Hall–Kier alpha value is -2.15. The third-order valence-electron chi connectivity index (χ3n) is 1.82. The van der Waals surface area contributed by atoms with Crippen molar-refractivity contribution in [1.82, 2.24) is 0 Å². The van der Waals surface area contributed by atoms with Crippen molar-refractivity contribution in [2.75, 3.05) is 6.54 Å². The minimum Gasteiger partial charge on any atom is -0.478 e. The van der Waals surface area contributed by atoms with E-state index >= 15 is 0 Å². The van der Waals surface area contributed by atoms with Crippen LogP contribution in [0.5, 0.6) is 5.75 Å². The van der Waals surface area contributed by atoms with Gasteiger partial charge in [-0.2, -0.15) is 0 Å². The average molecular weight is 226 g/mol. The molecule has 0 amide bonds. The van der Waals surface area contributed by atoms with Gasteiger partial charge in [0.1, 0.15) is 0 Å². The molecule has 1 aromatic carbocycles. The monoisotopic (exact) mass is 226 g/mol. The van der Waals surface area contributed by atoms with Crippen molar-refractivity contribution < 1.29 is 19.6 Å². The zero-order valence-electron chi connectivity index (χ0n) is 8.20. The molecule has 1 aromatic rings. The molecule has 1 atom stereocenters. The maximum Gasteiger partial charge on any atom is 0.346 e. The molecule has 0 radical (unpaired) electrons. The van der Waals surface area contributed by atoms with Gasteiger partial charge < -0.3 is 15.6 Å². The van der Waals surface area contributed by atoms with Gasteiger partial charge in [-0.05, 0) is 6.07 Å². The summed E-state index contributed by atoms with van der Waals surface area (Å²) in [4.78, 5) is 20.6. The van der Waals surface area contributed by atoms with Gasteiger partial charge in [0.05, 0.1) is 4.92 Å². The molecule has 3 N–H and O–H groups in total. The molecule has 0 saturated heterocycles. The topological polar surface area (TPSA) is 116 Å². The third-order valence-corrected chi connectivity index (χ3v) is 1.82. The van der Waals surface area contributed by atoms with E-state index in [1.165, 1.54) is 24.3 Å². The number of para-hydroxylation sites is 2. The number of hydrogen-bond acceptors (Lipinski definition) is 5. The van der Waals surface area contributed by atoms with E-state index in [1.807, 2.05) is 0 Å². The first-order valence-corrected chi connectivity index (χ1v) is 4.39. The summed E-state index contributed by atoms with van der Waals surface area (Å²) in [6, 6.07) is 5.52. The summed E-state index contributed by atoms with van der Waals surface area (Å²) < 4.78 is 4.95. The normalized spacial score (nSPS) is 11.8. The minimum atomic E-state index is -1.29. The largest absolute Gasteiger partial charge is 0.478 e. The number of rotatable bonds is 5. The molecule has 0 saturated carbocycles. The zero-order chi connectivity index (χ0) is 12.1. The Kier molecular flexibility index (Phi) is 3.78. The predicted molar refractivity (Wildman–Crippen MR) is 54.2 cm³/mol. The van der Waals surface area contributed by atoms with E-state index in [9.17, 15) is 14.9 Å². The number of nitro groups is 1.